The summed E-state index contributed by atoms with van der Waals surface area (Å²) in [6.45, 7) is 10.3. The molecule has 1 fully saturated rings. The molecular weight excluding hydrogens is 521 g/mol. The van der Waals surface area contributed by atoms with E-state index in [2.05, 4.69) is 22.5 Å². The number of carbonyl (C=O) groups is 2. The van der Waals surface area contributed by atoms with Crippen molar-refractivity contribution < 1.29 is 14.3 Å². The van der Waals surface area contributed by atoms with E-state index in [1.165, 1.54) is 0 Å². The Morgan fingerprint density at radius 2 is 1.91 bits per heavy atom. The highest BCUT2D eigenvalue weighted by atomic mass is 127. The fourth-order valence-corrected chi connectivity index (χ4v) is 3.34. The zero-order valence-electron chi connectivity index (χ0n) is 20.1. The SMILES string of the molecule is CN=C(NCc1ccc(N2CCCC2=O)cc1)NCC(C)CN(C)C(=O)OC(C)(C)C.I. The molecule has 0 radical (unpaired) electrons. The minimum absolute atomic E-state index is 0. The molecule has 0 aromatic heterocycles. The summed E-state index contributed by atoms with van der Waals surface area (Å²) >= 11 is 0. The largest absolute Gasteiger partial charge is 0.444 e. The molecule has 1 unspecified atom stereocenters. The van der Waals surface area contributed by atoms with Crippen LogP contribution >= 0.6 is 24.0 Å². The Hall–Kier alpha value is -2.04. The van der Waals surface area contributed by atoms with E-state index in [9.17, 15) is 9.59 Å². The van der Waals surface area contributed by atoms with Gasteiger partial charge in [-0.1, -0.05) is 19.1 Å². The van der Waals surface area contributed by atoms with E-state index in [1.54, 1.807) is 19.0 Å². The number of halogens is 1. The Morgan fingerprint density at radius 3 is 2.44 bits per heavy atom. The summed E-state index contributed by atoms with van der Waals surface area (Å²) in [5, 5.41) is 6.60. The van der Waals surface area contributed by atoms with Crippen molar-refractivity contribution in [3.05, 3.63) is 29.8 Å². The van der Waals surface area contributed by atoms with E-state index >= 15 is 0 Å². The van der Waals surface area contributed by atoms with E-state index in [0.29, 0.717) is 32.0 Å². The maximum absolute atomic E-state index is 12.1. The molecule has 1 aromatic carbocycles. The van der Waals surface area contributed by atoms with Crippen LogP contribution in [0.4, 0.5) is 10.5 Å². The lowest BCUT2D eigenvalue weighted by atomic mass is 10.1. The Bertz CT molecular complexity index is 777. The first-order chi connectivity index (χ1) is 14.6. The molecule has 8 nitrogen and oxygen atoms in total. The number of carbonyl (C=O) groups excluding carboxylic acids is 2. The second kappa shape index (κ2) is 12.9. The van der Waals surface area contributed by atoms with E-state index in [-0.39, 0.29) is 41.9 Å². The summed E-state index contributed by atoms with van der Waals surface area (Å²) in [5.74, 6) is 1.11. The molecule has 1 aromatic rings. The number of amides is 2. The average Bonchev–Trinajstić information content (AvgIpc) is 3.13. The van der Waals surface area contributed by atoms with Gasteiger partial charge in [-0.3, -0.25) is 9.79 Å². The van der Waals surface area contributed by atoms with Gasteiger partial charge in [0.05, 0.1) is 0 Å². The number of hydrogen-bond acceptors (Lipinski definition) is 4. The van der Waals surface area contributed by atoms with Crippen molar-refractivity contribution in [1.29, 1.82) is 0 Å². The minimum atomic E-state index is -0.499. The number of benzene rings is 1. The van der Waals surface area contributed by atoms with Crippen LogP contribution in [0.5, 0.6) is 0 Å². The van der Waals surface area contributed by atoms with Crippen LogP contribution in [0.3, 0.4) is 0 Å². The van der Waals surface area contributed by atoms with Crippen molar-refractivity contribution in [3.8, 4) is 0 Å². The van der Waals surface area contributed by atoms with E-state index in [0.717, 1.165) is 24.2 Å². The summed E-state index contributed by atoms with van der Waals surface area (Å²) in [4.78, 5) is 31.7. The summed E-state index contributed by atoms with van der Waals surface area (Å²) < 4.78 is 5.39. The van der Waals surface area contributed by atoms with Gasteiger partial charge in [0, 0.05) is 52.4 Å². The van der Waals surface area contributed by atoms with Crippen molar-refractivity contribution in [3.63, 3.8) is 0 Å². The highest BCUT2D eigenvalue weighted by Gasteiger charge is 2.22. The van der Waals surface area contributed by atoms with Crippen LogP contribution in [0.25, 0.3) is 0 Å². The van der Waals surface area contributed by atoms with Crippen molar-refractivity contribution >= 4 is 47.6 Å². The van der Waals surface area contributed by atoms with Crippen molar-refractivity contribution in [2.75, 3.05) is 38.6 Å². The number of rotatable bonds is 7. The van der Waals surface area contributed by atoms with Crippen molar-refractivity contribution in [2.24, 2.45) is 10.9 Å². The lowest BCUT2D eigenvalue weighted by molar-refractivity contribution is -0.117. The molecule has 0 saturated carbocycles. The van der Waals surface area contributed by atoms with Gasteiger partial charge < -0.3 is 25.2 Å². The minimum Gasteiger partial charge on any atom is -0.444 e. The van der Waals surface area contributed by atoms with Gasteiger partial charge in [-0.2, -0.15) is 0 Å². The van der Waals surface area contributed by atoms with Gasteiger partial charge in [-0.25, -0.2) is 4.79 Å². The number of nitrogens with one attached hydrogen (secondary N) is 2. The predicted molar refractivity (Wildman–Crippen MR) is 140 cm³/mol. The number of guanidine groups is 1. The standard InChI is InChI=1S/C23H37N5O3.HI/c1-17(16-27(6)22(30)31-23(2,3)4)14-25-21(24-5)26-15-18-9-11-19(12-10-18)28-13-7-8-20(28)29;/h9-12,17H,7-8,13-16H2,1-6H3,(H2,24,25,26);1H. The smallest absolute Gasteiger partial charge is 0.410 e. The molecule has 1 aliphatic rings. The molecule has 0 aliphatic carbocycles. The van der Waals surface area contributed by atoms with Gasteiger partial charge in [0.2, 0.25) is 5.91 Å². The van der Waals surface area contributed by atoms with Gasteiger partial charge in [-0.05, 0) is 50.8 Å². The Labute approximate surface area is 209 Å². The molecular formula is C23H38IN5O3. The molecule has 1 heterocycles. The topological polar surface area (TPSA) is 86.3 Å². The summed E-state index contributed by atoms with van der Waals surface area (Å²) in [6, 6.07) is 8.04. The van der Waals surface area contributed by atoms with Gasteiger partial charge >= 0.3 is 6.09 Å². The van der Waals surface area contributed by atoms with Gasteiger partial charge in [-0.15, -0.1) is 24.0 Å². The van der Waals surface area contributed by atoms with Crippen LogP contribution in [-0.4, -0.2) is 62.2 Å². The first-order valence-electron chi connectivity index (χ1n) is 10.9. The van der Waals surface area contributed by atoms with Crippen molar-refractivity contribution in [2.45, 2.75) is 52.7 Å². The van der Waals surface area contributed by atoms with Crippen LogP contribution in [0.15, 0.2) is 29.3 Å². The third kappa shape index (κ3) is 9.22. The molecule has 1 aliphatic heterocycles. The average molecular weight is 559 g/mol. The molecule has 180 valence electrons. The van der Waals surface area contributed by atoms with Crippen LogP contribution in [0.2, 0.25) is 0 Å². The number of ether oxygens (including phenoxy) is 1. The molecule has 0 spiro atoms. The molecule has 1 saturated heterocycles. The van der Waals surface area contributed by atoms with E-state index in [4.69, 9.17) is 4.74 Å². The number of hydrogen-bond donors (Lipinski definition) is 2. The predicted octanol–water partition coefficient (Wildman–Crippen LogP) is 3.60. The maximum Gasteiger partial charge on any atom is 0.410 e. The van der Waals surface area contributed by atoms with Crippen molar-refractivity contribution in [1.82, 2.24) is 15.5 Å². The van der Waals surface area contributed by atoms with Crippen LogP contribution in [0.1, 0.15) is 46.1 Å². The zero-order chi connectivity index (χ0) is 23.0. The number of aliphatic imine (C=N–C) groups is 1. The van der Waals surface area contributed by atoms with Crippen LogP contribution in [0, 0.1) is 5.92 Å². The first-order valence-corrected chi connectivity index (χ1v) is 10.9. The molecule has 2 rings (SSSR count). The fourth-order valence-electron chi connectivity index (χ4n) is 3.34. The monoisotopic (exact) mass is 559 g/mol. The van der Waals surface area contributed by atoms with Crippen LogP contribution < -0.4 is 15.5 Å². The second-order valence-electron chi connectivity index (χ2n) is 9.09. The molecule has 32 heavy (non-hydrogen) atoms. The molecule has 2 amide bonds. The number of anilines is 1. The van der Waals surface area contributed by atoms with E-state index in [1.807, 2.05) is 49.9 Å². The lowest BCUT2D eigenvalue weighted by Crippen LogP contribution is -2.42. The Balaban J connectivity index is 0.00000512. The summed E-state index contributed by atoms with van der Waals surface area (Å²) in [7, 11) is 3.48. The molecule has 0 bridgehead atoms. The highest BCUT2D eigenvalue weighted by Crippen LogP contribution is 2.21. The normalized spacial score (nSPS) is 15.1. The van der Waals surface area contributed by atoms with Gasteiger partial charge in [0.1, 0.15) is 5.60 Å². The molecule has 1 atom stereocenters. The summed E-state index contributed by atoms with van der Waals surface area (Å²) in [6.07, 6.45) is 1.24. The summed E-state index contributed by atoms with van der Waals surface area (Å²) in [5.41, 5.74) is 1.56. The highest BCUT2D eigenvalue weighted by molar-refractivity contribution is 14.0. The number of nitrogens with zero attached hydrogens (tertiary/aromatic N) is 3. The molecule has 9 heteroatoms. The van der Waals surface area contributed by atoms with E-state index < -0.39 is 5.60 Å². The van der Waals surface area contributed by atoms with Gasteiger partial charge in [0.25, 0.3) is 0 Å². The quantitative estimate of drug-likeness (QED) is 0.303. The molecule has 2 N–H and O–H groups in total. The lowest BCUT2D eigenvalue weighted by Gasteiger charge is -2.26. The third-order valence-corrected chi connectivity index (χ3v) is 4.91. The third-order valence-electron chi connectivity index (χ3n) is 4.91. The van der Waals surface area contributed by atoms with Gasteiger partial charge in [0.15, 0.2) is 5.96 Å². The zero-order valence-corrected chi connectivity index (χ0v) is 22.4. The first kappa shape index (κ1) is 28.0. The fraction of sp³-hybridized carbons (Fsp3) is 0.609. The maximum atomic E-state index is 12.1. The Morgan fingerprint density at radius 1 is 1.25 bits per heavy atom. The second-order valence-corrected chi connectivity index (χ2v) is 9.09. The van der Waals surface area contributed by atoms with Crippen LogP contribution in [-0.2, 0) is 16.1 Å². The Kier molecular flexibility index (Phi) is 11.2.